The molecule has 3 amide bonds. The zero-order chi connectivity index (χ0) is 38.4. The summed E-state index contributed by atoms with van der Waals surface area (Å²) in [6.45, 7) is 13.9. The van der Waals surface area contributed by atoms with Gasteiger partial charge in [0.2, 0.25) is 0 Å². The number of hydrogen-bond donors (Lipinski definition) is 2. The Balaban J connectivity index is 1.51. The van der Waals surface area contributed by atoms with Gasteiger partial charge in [0.25, 0.3) is 0 Å². The molecule has 0 radical (unpaired) electrons. The molecule has 0 aliphatic carbocycles. The SMILES string of the molecule is COc1cc(OC)c(Cl)c(N(COCC[Si](C)(C)C)C(=O)N(C)c2cc(Nc3ccc(C4CCN(C(=O)OC(C)(C)C)CC4)cc3N)ncn2)c1Cl. The largest absolute Gasteiger partial charge is 0.495 e. The van der Waals surface area contributed by atoms with Gasteiger partial charge in [-0.2, -0.15) is 0 Å². The van der Waals surface area contributed by atoms with Crippen LogP contribution in [0, 0.1) is 0 Å². The predicted molar refractivity (Wildman–Crippen MR) is 211 cm³/mol. The number of piperidine rings is 1. The second kappa shape index (κ2) is 17.2. The van der Waals surface area contributed by atoms with Gasteiger partial charge >= 0.3 is 12.1 Å². The fourth-order valence-electron chi connectivity index (χ4n) is 5.55. The number of nitrogen functional groups attached to an aromatic ring is 1. The fourth-order valence-corrected chi connectivity index (χ4v) is 7.01. The number of ether oxygens (including phenoxy) is 4. The summed E-state index contributed by atoms with van der Waals surface area (Å²) in [4.78, 5) is 39.9. The molecule has 52 heavy (non-hydrogen) atoms. The van der Waals surface area contributed by atoms with E-state index in [-0.39, 0.29) is 46.0 Å². The lowest BCUT2D eigenvalue weighted by Gasteiger charge is -2.33. The average molecular weight is 777 g/mol. The van der Waals surface area contributed by atoms with Crippen LogP contribution in [0.4, 0.5) is 38.3 Å². The van der Waals surface area contributed by atoms with Crippen LogP contribution in [0.3, 0.4) is 0 Å². The first kappa shape index (κ1) is 40.8. The summed E-state index contributed by atoms with van der Waals surface area (Å²) in [5.41, 5.74) is 8.44. The van der Waals surface area contributed by atoms with Crippen LogP contribution in [0.5, 0.6) is 11.5 Å². The number of carbonyl (C=O) groups excluding carboxylic acids is 2. The molecule has 4 rings (SSSR count). The van der Waals surface area contributed by atoms with Gasteiger partial charge in [-0.1, -0.05) is 48.9 Å². The van der Waals surface area contributed by atoms with Crippen LogP contribution in [0.15, 0.2) is 36.7 Å². The summed E-state index contributed by atoms with van der Waals surface area (Å²) in [6, 6.07) is 9.45. The van der Waals surface area contributed by atoms with Gasteiger partial charge in [0, 0.05) is 47.0 Å². The van der Waals surface area contributed by atoms with Crippen LogP contribution in [-0.4, -0.2) is 88.4 Å². The molecule has 0 atom stereocenters. The number of benzene rings is 2. The molecule has 16 heteroatoms. The van der Waals surface area contributed by atoms with Crippen LogP contribution in [-0.2, 0) is 9.47 Å². The second-order valence-corrected chi connectivity index (χ2v) is 21.2. The normalized spacial score (nSPS) is 13.8. The van der Waals surface area contributed by atoms with E-state index in [0.717, 1.165) is 24.4 Å². The summed E-state index contributed by atoms with van der Waals surface area (Å²) >= 11 is 13.5. The van der Waals surface area contributed by atoms with E-state index in [2.05, 4.69) is 34.9 Å². The van der Waals surface area contributed by atoms with Crippen molar-refractivity contribution in [1.82, 2.24) is 14.9 Å². The molecule has 3 aromatic rings. The smallest absolute Gasteiger partial charge is 0.410 e. The van der Waals surface area contributed by atoms with Crippen molar-refractivity contribution in [2.75, 3.05) is 68.5 Å². The summed E-state index contributed by atoms with van der Waals surface area (Å²) in [6.07, 6.45) is 2.68. The lowest BCUT2D eigenvalue weighted by atomic mass is 9.89. The van der Waals surface area contributed by atoms with Crippen molar-refractivity contribution in [3.8, 4) is 11.5 Å². The Morgan fingerprint density at radius 2 is 1.65 bits per heavy atom. The van der Waals surface area contributed by atoms with E-state index in [0.29, 0.717) is 42.7 Å². The molecule has 13 nitrogen and oxygen atoms in total. The zero-order valence-electron chi connectivity index (χ0n) is 31.5. The minimum Gasteiger partial charge on any atom is -0.495 e. The van der Waals surface area contributed by atoms with Crippen molar-refractivity contribution >= 4 is 72.1 Å². The number of amides is 3. The average Bonchev–Trinajstić information content (AvgIpc) is 3.08. The Morgan fingerprint density at radius 1 is 1.02 bits per heavy atom. The van der Waals surface area contributed by atoms with Gasteiger partial charge in [-0.05, 0) is 63.3 Å². The van der Waals surface area contributed by atoms with E-state index in [1.165, 1.54) is 30.3 Å². The number of hydrogen-bond acceptors (Lipinski definition) is 10. The first-order valence-corrected chi connectivity index (χ1v) is 21.6. The number of halogens is 2. The minimum absolute atomic E-state index is 0.126. The summed E-state index contributed by atoms with van der Waals surface area (Å²) in [7, 11) is 3.11. The number of nitrogens with one attached hydrogen (secondary N) is 1. The van der Waals surface area contributed by atoms with E-state index in [1.54, 1.807) is 24.1 Å². The maximum Gasteiger partial charge on any atom is 0.410 e. The van der Waals surface area contributed by atoms with Gasteiger partial charge < -0.3 is 34.9 Å². The van der Waals surface area contributed by atoms with Crippen molar-refractivity contribution in [3.63, 3.8) is 0 Å². The fraction of sp³-hybridized carbons (Fsp3) is 0.500. The molecular weight excluding hydrogens is 725 g/mol. The summed E-state index contributed by atoms with van der Waals surface area (Å²) in [5.74, 6) is 1.54. The molecule has 1 aliphatic heterocycles. The topological polar surface area (TPSA) is 145 Å². The van der Waals surface area contributed by atoms with Crippen LogP contribution in [0.25, 0.3) is 0 Å². The second-order valence-electron chi connectivity index (χ2n) is 14.9. The van der Waals surface area contributed by atoms with Crippen molar-refractivity contribution < 1.29 is 28.5 Å². The number of likely N-dealkylation sites (tertiary alicyclic amines) is 1. The Hall–Kier alpha value is -3.98. The number of anilines is 5. The molecule has 0 unspecified atom stereocenters. The van der Waals surface area contributed by atoms with Gasteiger partial charge in [-0.3, -0.25) is 9.80 Å². The number of nitrogens with zero attached hydrogens (tertiary/aromatic N) is 5. The third-order valence-electron chi connectivity index (χ3n) is 8.51. The number of aromatic nitrogens is 2. The van der Waals surface area contributed by atoms with Gasteiger partial charge in [0.1, 0.15) is 51.8 Å². The monoisotopic (exact) mass is 775 g/mol. The molecule has 0 saturated carbocycles. The molecule has 0 bridgehead atoms. The highest BCUT2D eigenvalue weighted by Gasteiger charge is 2.31. The number of carbonyl (C=O) groups is 2. The first-order chi connectivity index (χ1) is 24.4. The molecule has 2 aromatic carbocycles. The quantitative estimate of drug-likeness (QED) is 0.0794. The molecule has 1 aromatic heterocycles. The van der Waals surface area contributed by atoms with Crippen LogP contribution < -0.4 is 30.3 Å². The van der Waals surface area contributed by atoms with Crippen LogP contribution >= 0.6 is 23.2 Å². The summed E-state index contributed by atoms with van der Waals surface area (Å²) in [5, 5.41) is 3.50. The number of methoxy groups -OCH3 is 2. The zero-order valence-corrected chi connectivity index (χ0v) is 34.0. The molecule has 1 fully saturated rings. The molecule has 284 valence electrons. The summed E-state index contributed by atoms with van der Waals surface area (Å²) < 4.78 is 22.5. The van der Waals surface area contributed by atoms with Gasteiger partial charge in [0.15, 0.2) is 0 Å². The first-order valence-electron chi connectivity index (χ1n) is 17.1. The highest BCUT2D eigenvalue weighted by Crippen LogP contribution is 2.46. The Labute approximate surface area is 317 Å². The molecule has 3 N–H and O–H groups in total. The lowest BCUT2D eigenvalue weighted by molar-refractivity contribution is 0.0204. The maximum atomic E-state index is 14.2. The Kier molecular flexibility index (Phi) is 13.5. The van der Waals surface area contributed by atoms with E-state index in [1.807, 2.05) is 39.0 Å². The predicted octanol–water partition coefficient (Wildman–Crippen LogP) is 8.62. The maximum absolute atomic E-state index is 14.2. The van der Waals surface area contributed by atoms with E-state index < -0.39 is 19.7 Å². The molecule has 0 spiro atoms. The third-order valence-corrected chi connectivity index (χ3v) is 10.9. The van der Waals surface area contributed by atoms with Crippen molar-refractivity contribution in [3.05, 3.63) is 52.3 Å². The number of rotatable bonds is 12. The Bertz CT molecular complexity index is 1700. The van der Waals surface area contributed by atoms with Crippen molar-refractivity contribution in [2.24, 2.45) is 0 Å². The van der Waals surface area contributed by atoms with E-state index in [4.69, 9.17) is 47.9 Å². The molecular formula is C36H51Cl2N7O6Si. The lowest BCUT2D eigenvalue weighted by Crippen LogP contribution is -2.43. The highest BCUT2D eigenvalue weighted by atomic mass is 35.5. The standard InChI is InChI=1S/C36H51Cl2N7O6Si/c1-36(2,3)51-35(47)44-14-12-23(13-15-44)24-10-11-26(25(39)18-24)42-29-20-30(41-21-40-29)43(4)34(46)45(22-50-16-17-52(7,8)9)33-31(37)27(48-5)19-28(49-6)32(33)38/h10-11,18-21,23H,12-17,22,39H2,1-9H3,(H,40,41,42). The molecule has 1 saturated heterocycles. The number of nitrogens with two attached hydrogens (primary N) is 1. The van der Waals surface area contributed by atoms with Gasteiger partial charge in [0.05, 0.1) is 31.3 Å². The number of urea groups is 1. The van der Waals surface area contributed by atoms with Gasteiger partial charge in [-0.15, -0.1) is 0 Å². The highest BCUT2D eigenvalue weighted by molar-refractivity contribution is 6.76. The molecule has 1 aliphatic rings. The third kappa shape index (κ3) is 10.6. The van der Waals surface area contributed by atoms with Crippen LogP contribution in [0.2, 0.25) is 35.7 Å². The minimum atomic E-state index is -1.41. The molecule has 2 heterocycles. The van der Waals surface area contributed by atoms with E-state index >= 15 is 0 Å². The van der Waals surface area contributed by atoms with Crippen molar-refractivity contribution in [2.45, 2.75) is 70.8 Å². The Morgan fingerprint density at radius 3 is 2.21 bits per heavy atom. The van der Waals surface area contributed by atoms with Crippen molar-refractivity contribution in [1.29, 1.82) is 0 Å². The van der Waals surface area contributed by atoms with Crippen LogP contribution in [0.1, 0.15) is 45.1 Å². The van der Waals surface area contributed by atoms with E-state index in [9.17, 15) is 9.59 Å². The van der Waals surface area contributed by atoms with Gasteiger partial charge in [-0.25, -0.2) is 19.6 Å².